The third kappa shape index (κ3) is 30.6. The molecule has 0 saturated carbocycles. The van der Waals surface area contributed by atoms with E-state index in [4.69, 9.17) is 17.2 Å². The van der Waals surface area contributed by atoms with Gasteiger partial charge in [-0.2, -0.15) is 0 Å². The van der Waals surface area contributed by atoms with Crippen molar-refractivity contribution in [1.29, 1.82) is 0 Å². The normalized spacial score (nSPS) is 14.9. The number of benzene rings is 2. The minimum atomic E-state index is -2.03. The molecule has 2 aromatic carbocycles. The highest BCUT2D eigenvalue weighted by Crippen LogP contribution is 2.21. The lowest BCUT2D eigenvalue weighted by atomic mass is 9.90. The Morgan fingerprint density at radius 3 is 1.61 bits per heavy atom. The summed E-state index contributed by atoms with van der Waals surface area (Å²) < 4.78 is 0. The maximum Gasteiger partial charge on any atom is 0.325 e. The monoisotopic (exact) mass is 1520 g/mol. The summed E-state index contributed by atoms with van der Waals surface area (Å²) in [6.07, 6.45) is 4.50. The van der Waals surface area contributed by atoms with E-state index >= 15 is 0 Å². The third-order valence-electron chi connectivity index (χ3n) is 18.1. The van der Waals surface area contributed by atoms with Crippen molar-refractivity contribution in [2.45, 2.75) is 218 Å². The van der Waals surface area contributed by atoms with Crippen LogP contribution >= 0.6 is 0 Å². The van der Waals surface area contributed by atoms with Gasteiger partial charge in [-0.3, -0.25) is 71.9 Å². The lowest BCUT2D eigenvalue weighted by Crippen LogP contribution is -2.65. The van der Waals surface area contributed by atoms with Crippen molar-refractivity contribution < 1.29 is 87.2 Å². The SMILES string of the molecule is CCCCCCCC(=O)N[C@@H](C(=O)N[C@H](CCN)C(=O)NCC(=O)N[C@H](CO)C(=O)N[C@H](Cc1c[nH]c2ccccc12)C(=O)N(C)CC(=O)N[C@@H](CCN)C(=O)N[C@H](CCN)C(=O)N[C@@](C)(Cc1ccccc1)C(=O)N[C@@H](CCC(=O)O)C(=O)N[C@H](C(=O)N[C@@H](C(=O)N[C@@H](C)C(=O)O)[C@@H](C)CC)C(C)C)C(C)C. The number of rotatable bonds is 50. The van der Waals surface area contributed by atoms with Crippen LogP contribution in [-0.2, 0) is 84.8 Å². The first-order valence-electron chi connectivity index (χ1n) is 36.7. The van der Waals surface area contributed by atoms with E-state index in [-0.39, 0.29) is 70.0 Å². The van der Waals surface area contributed by atoms with Gasteiger partial charge in [0.2, 0.25) is 76.8 Å². The molecule has 0 saturated heterocycles. The molecular formula is C73H115N17O18. The third-order valence-corrected chi connectivity index (χ3v) is 18.1. The Balaban J connectivity index is 1.85. The molecule has 22 N–H and O–H groups in total. The summed E-state index contributed by atoms with van der Waals surface area (Å²) in [6.45, 7) is 11.6. The van der Waals surface area contributed by atoms with Gasteiger partial charge in [0.1, 0.15) is 66.0 Å². The molecule has 3 aromatic rings. The highest BCUT2D eigenvalue weighted by Gasteiger charge is 2.42. The number of carboxylic acids is 2. The van der Waals surface area contributed by atoms with Crippen molar-refractivity contribution in [3.05, 3.63) is 71.9 Å². The Morgan fingerprint density at radius 2 is 1.03 bits per heavy atom. The van der Waals surface area contributed by atoms with E-state index in [2.05, 4.69) is 75.7 Å². The average Bonchev–Trinajstić information content (AvgIpc) is 1.21. The Kier molecular flexibility index (Phi) is 39.9. The molecule has 0 bridgehead atoms. The van der Waals surface area contributed by atoms with Crippen LogP contribution in [0, 0.1) is 17.8 Å². The number of hydrogen-bond donors (Lipinski definition) is 19. The van der Waals surface area contributed by atoms with E-state index in [9.17, 15) is 87.2 Å². The number of aromatic nitrogens is 1. The Labute approximate surface area is 629 Å². The van der Waals surface area contributed by atoms with Gasteiger partial charge in [-0.05, 0) is 101 Å². The van der Waals surface area contributed by atoms with Crippen molar-refractivity contribution >= 4 is 99.6 Å². The number of aromatic amines is 1. The van der Waals surface area contributed by atoms with Crippen LogP contribution in [-0.4, -0.2) is 226 Å². The van der Waals surface area contributed by atoms with Crippen LogP contribution in [0.15, 0.2) is 60.8 Å². The van der Waals surface area contributed by atoms with Gasteiger partial charge in [-0.25, -0.2) is 0 Å². The van der Waals surface area contributed by atoms with Crippen molar-refractivity contribution in [2.75, 3.05) is 46.4 Å². The fourth-order valence-electron chi connectivity index (χ4n) is 11.5. The van der Waals surface area contributed by atoms with Crippen LogP contribution in [0.3, 0.4) is 0 Å². The number of unbranched alkanes of at least 4 members (excludes halogenated alkanes) is 4. The smallest absolute Gasteiger partial charge is 0.325 e. The number of nitrogens with one attached hydrogen (secondary N) is 13. The van der Waals surface area contributed by atoms with Crippen LogP contribution in [0.1, 0.15) is 150 Å². The minimum absolute atomic E-state index is 0.0571. The number of nitrogens with two attached hydrogens (primary N) is 3. The Morgan fingerprint density at radius 1 is 0.519 bits per heavy atom. The van der Waals surface area contributed by atoms with Crippen LogP contribution in [0.2, 0.25) is 0 Å². The van der Waals surface area contributed by atoms with E-state index in [0.29, 0.717) is 34.9 Å². The number of nitrogens with zero attached hydrogens (tertiary/aromatic N) is 1. The Hall–Kier alpha value is -10.1. The van der Waals surface area contributed by atoms with Gasteiger partial charge >= 0.3 is 11.9 Å². The number of H-pyrrole nitrogens is 1. The van der Waals surface area contributed by atoms with Gasteiger partial charge in [-0.15, -0.1) is 0 Å². The number of amides is 13. The van der Waals surface area contributed by atoms with Crippen LogP contribution in [0.5, 0.6) is 0 Å². The summed E-state index contributed by atoms with van der Waals surface area (Å²) in [5, 5.41) is 60.8. The summed E-state index contributed by atoms with van der Waals surface area (Å²) in [6, 6.07) is 1.17. The number of aliphatic hydroxyl groups is 1. The van der Waals surface area contributed by atoms with Gasteiger partial charge < -0.3 is 106 Å². The molecule has 12 atom stereocenters. The number of para-hydroxylation sites is 1. The van der Waals surface area contributed by atoms with E-state index in [1.54, 1.807) is 102 Å². The number of aliphatic hydroxyl groups excluding tert-OH is 1. The number of carbonyl (C=O) groups excluding carboxylic acids is 13. The zero-order valence-electron chi connectivity index (χ0n) is 63.6. The predicted molar refractivity (Wildman–Crippen MR) is 399 cm³/mol. The molecule has 108 heavy (non-hydrogen) atoms. The van der Waals surface area contributed by atoms with Crippen molar-refractivity contribution in [3.8, 4) is 0 Å². The molecule has 13 amide bonds. The molecule has 0 spiro atoms. The molecule has 0 aliphatic heterocycles. The fourth-order valence-corrected chi connectivity index (χ4v) is 11.5. The highest BCUT2D eigenvalue weighted by atomic mass is 16.4. The van der Waals surface area contributed by atoms with Crippen LogP contribution < -0.4 is 81.0 Å². The number of likely N-dealkylation sites (N-methyl/N-ethyl adjacent to an activating group) is 1. The van der Waals surface area contributed by atoms with E-state index in [0.717, 1.165) is 30.6 Å². The number of carboxylic acid groups (broad SMARTS) is 2. The van der Waals surface area contributed by atoms with Crippen molar-refractivity contribution in [1.82, 2.24) is 73.7 Å². The summed E-state index contributed by atoms with van der Waals surface area (Å²) in [4.78, 5) is 209. The van der Waals surface area contributed by atoms with Gasteiger partial charge in [0.15, 0.2) is 0 Å². The molecule has 35 nitrogen and oxygen atoms in total. The lowest BCUT2D eigenvalue weighted by Gasteiger charge is -2.34. The molecule has 0 aliphatic rings. The van der Waals surface area contributed by atoms with Crippen LogP contribution in [0.25, 0.3) is 10.9 Å². The summed E-state index contributed by atoms with van der Waals surface area (Å²) in [5.74, 6) is -15.5. The first-order valence-corrected chi connectivity index (χ1v) is 36.7. The molecule has 3 rings (SSSR count). The largest absolute Gasteiger partial charge is 0.481 e. The van der Waals surface area contributed by atoms with Gasteiger partial charge in [0.05, 0.1) is 19.7 Å². The van der Waals surface area contributed by atoms with Crippen molar-refractivity contribution in [3.63, 3.8) is 0 Å². The van der Waals surface area contributed by atoms with E-state index in [1.165, 1.54) is 20.9 Å². The quantitative estimate of drug-likeness (QED) is 0.0271. The minimum Gasteiger partial charge on any atom is -0.481 e. The van der Waals surface area contributed by atoms with Gasteiger partial charge in [-0.1, -0.05) is 129 Å². The predicted octanol–water partition coefficient (Wildman–Crippen LogP) is -2.02. The van der Waals surface area contributed by atoms with Crippen molar-refractivity contribution in [2.24, 2.45) is 35.0 Å². The standard InChI is InChI=1S/C73H115N17O18/c1-11-13-14-15-19-26-55(92)86-59(41(3)4)67(102)83-50(29-32-74)62(97)78-38-56(93)81-54(40-91)65(100)84-53(35-46-37-77-48-25-21-20-24-47(46)48)70(105)90(10)39-57(94)80-51(30-33-75)63(98)82-52(31-34-76)66(101)89-73(9,36-45-22-17-16-18-23-45)72(108)85-49(27-28-58(95)96)64(99)87-60(42(5)6)68(103)88-61(43(7)12-2)69(104)79-44(8)71(106)107/h16-18,20-25,37,41-44,49-54,59-61,77,91H,11-15,19,26-36,38-40,74-76H2,1-10H3,(H,78,97)(H,79,104)(H,80,94)(H,81,93)(H,82,98)(H,83,102)(H,84,100)(H,85,108)(H,86,92)(H,87,99)(H,88,103)(H,89,101)(H,95,96)(H,106,107)/t43-,44-,49-,50+,51-,52+,53+,54+,59+,60-,61+,73-/m0/s1. The topological polar surface area (TPSA) is 558 Å². The lowest BCUT2D eigenvalue weighted by molar-refractivity contribution is -0.142. The fraction of sp³-hybridized carbons (Fsp3) is 0.603. The van der Waals surface area contributed by atoms with E-state index in [1.807, 2.05) is 0 Å². The zero-order chi connectivity index (χ0) is 81.0. The molecule has 1 aromatic heterocycles. The molecule has 0 radical (unpaired) electrons. The van der Waals surface area contributed by atoms with Gasteiger partial charge in [0, 0.05) is 49.8 Å². The van der Waals surface area contributed by atoms with E-state index < -0.39 is 193 Å². The highest BCUT2D eigenvalue weighted by molar-refractivity contribution is 6.01. The zero-order valence-corrected chi connectivity index (χ0v) is 63.6. The number of fused-ring (bicyclic) bond motifs is 1. The molecule has 0 aliphatic carbocycles. The van der Waals surface area contributed by atoms with Gasteiger partial charge in [0.25, 0.3) is 0 Å². The first-order chi connectivity index (χ1) is 51.1. The number of carbonyl (C=O) groups is 15. The summed E-state index contributed by atoms with van der Waals surface area (Å²) in [5.41, 5.74) is 17.4. The second kappa shape index (κ2) is 46.8. The molecule has 1 heterocycles. The Bertz CT molecular complexity index is 3520. The summed E-state index contributed by atoms with van der Waals surface area (Å²) >= 11 is 0. The molecule has 35 heteroatoms. The molecule has 0 unspecified atom stereocenters. The average molecular weight is 1520 g/mol. The molecule has 0 fully saturated rings. The summed E-state index contributed by atoms with van der Waals surface area (Å²) in [7, 11) is 1.23. The first kappa shape index (κ1) is 92.1. The maximum atomic E-state index is 14.8. The number of hydrogen-bond acceptors (Lipinski definition) is 19. The second-order valence-electron chi connectivity index (χ2n) is 27.9. The number of aliphatic carboxylic acids is 2. The molecule has 600 valence electrons. The molecular weight excluding hydrogens is 1400 g/mol. The second-order valence-corrected chi connectivity index (χ2v) is 27.9. The van der Waals surface area contributed by atoms with Crippen LogP contribution in [0.4, 0.5) is 0 Å². The maximum absolute atomic E-state index is 14.8.